The van der Waals surface area contributed by atoms with E-state index in [9.17, 15) is 18.3 Å². The zero-order chi connectivity index (χ0) is 12.3. The molecule has 0 aromatic rings. The van der Waals surface area contributed by atoms with Gasteiger partial charge in [-0.3, -0.25) is 4.79 Å². The molecule has 2 atom stereocenters. The van der Waals surface area contributed by atoms with Gasteiger partial charge in [0.15, 0.2) is 0 Å². The van der Waals surface area contributed by atoms with Crippen molar-refractivity contribution in [3.05, 3.63) is 0 Å². The van der Waals surface area contributed by atoms with E-state index in [2.05, 4.69) is 4.74 Å². The fourth-order valence-corrected chi connectivity index (χ4v) is 3.20. The van der Waals surface area contributed by atoms with Gasteiger partial charge in [0.25, 0.3) is 0 Å². The number of methoxy groups -OCH3 is 1. The molecular formula is C8H15NO6S. The van der Waals surface area contributed by atoms with Crippen molar-refractivity contribution in [3.63, 3.8) is 0 Å². The highest BCUT2D eigenvalue weighted by atomic mass is 32.2. The van der Waals surface area contributed by atoms with Gasteiger partial charge in [-0.1, -0.05) is 0 Å². The molecule has 0 spiro atoms. The average molecular weight is 253 g/mol. The number of carboxylic acid groups (broad SMARTS) is 1. The Balaban J connectivity index is 2.81. The second-order valence-electron chi connectivity index (χ2n) is 3.62. The van der Waals surface area contributed by atoms with Crippen LogP contribution in [0.3, 0.4) is 0 Å². The predicted molar refractivity (Wildman–Crippen MR) is 54.4 cm³/mol. The summed E-state index contributed by atoms with van der Waals surface area (Å²) in [5.74, 6) is -1.52. The van der Waals surface area contributed by atoms with Crippen LogP contribution in [0.1, 0.15) is 6.42 Å². The first kappa shape index (κ1) is 13.4. The molecule has 0 saturated carbocycles. The number of ether oxygens (including phenoxy) is 1. The minimum Gasteiger partial charge on any atom is -0.480 e. The number of nitrogens with zero attached hydrogens (tertiary/aromatic N) is 1. The normalized spacial score (nSPS) is 27.1. The third-order valence-electron chi connectivity index (χ3n) is 2.42. The summed E-state index contributed by atoms with van der Waals surface area (Å²) < 4.78 is 28.9. The Kier molecular flexibility index (Phi) is 4.25. The SMILES string of the molecule is COCCS(=O)(=O)N1C[C@H](O)C[C@H]1C(=O)O. The Morgan fingerprint density at radius 2 is 2.19 bits per heavy atom. The van der Waals surface area contributed by atoms with Gasteiger partial charge in [0.05, 0.1) is 18.5 Å². The van der Waals surface area contributed by atoms with Crippen molar-refractivity contribution in [2.24, 2.45) is 0 Å². The molecule has 1 rings (SSSR count). The van der Waals surface area contributed by atoms with Crippen molar-refractivity contribution < 1.29 is 28.2 Å². The van der Waals surface area contributed by atoms with Gasteiger partial charge in [0, 0.05) is 20.1 Å². The van der Waals surface area contributed by atoms with Crippen LogP contribution in [-0.2, 0) is 19.6 Å². The molecule has 0 aromatic carbocycles. The van der Waals surface area contributed by atoms with Gasteiger partial charge in [-0.25, -0.2) is 8.42 Å². The van der Waals surface area contributed by atoms with Gasteiger partial charge in [0.2, 0.25) is 10.0 Å². The summed E-state index contributed by atoms with van der Waals surface area (Å²) in [5.41, 5.74) is 0. The van der Waals surface area contributed by atoms with Gasteiger partial charge in [-0.15, -0.1) is 0 Å². The maximum Gasteiger partial charge on any atom is 0.322 e. The molecule has 0 unspecified atom stereocenters. The smallest absolute Gasteiger partial charge is 0.322 e. The fourth-order valence-electron chi connectivity index (χ4n) is 1.62. The zero-order valence-corrected chi connectivity index (χ0v) is 9.68. The highest BCUT2D eigenvalue weighted by Crippen LogP contribution is 2.22. The average Bonchev–Trinajstić information content (AvgIpc) is 2.58. The number of sulfonamides is 1. The largest absolute Gasteiger partial charge is 0.480 e. The van der Waals surface area contributed by atoms with Crippen molar-refractivity contribution in [2.45, 2.75) is 18.6 Å². The summed E-state index contributed by atoms with van der Waals surface area (Å²) in [5, 5.41) is 18.1. The number of hydrogen-bond acceptors (Lipinski definition) is 5. The van der Waals surface area contributed by atoms with Crippen LogP contribution in [0.2, 0.25) is 0 Å². The molecule has 7 nitrogen and oxygen atoms in total. The summed E-state index contributed by atoms with van der Waals surface area (Å²) >= 11 is 0. The van der Waals surface area contributed by atoms with Gasteiger partial charge in [-0.05, 0) is 0 Å². The molecule has 2 N–H and O–H groups in total. The van der Waals surface area contributed by atoms with Crippen LogP contribution in [0.4, 0.5) is 0 Å². The predicted octanol–water partition coefficient (Wildman–Crippen LogP) is -1.52. The topological polar surface area (TPSA) is 104 Å². The number of hydrogen-bond donors (Lipinski definition) is 2. The Bertz CT molecular complexity index is 354. The van der Waals surface area contributed by atoms with Gasteiger partial charge in [0.1, 0.15) is 6.04 Å². The second-order valence-corrected chi connectivity index (χ2v) is 5.66. The lowest BCUT2D eigenvalue weighted by molar-refractivity contribution is -0.140. The summed E-state index contributed by atoms with van der Waals surface area (Å²) in [6, 6.07) is -1.17. The van der Waals surface area contributed by atoms with Crippen molar-refractivity contribution in [1.82, 2.24) is 4.31 Å². The standard InChI is InChI=1S/C8H15NO6S/c1-15-2-3-16(13,14)9-5-6(10)4-7(9)8(11)12/h6-7,10H,2-5H2,1H3,(H,11,12)/t6-,7+/m1/s1. The number of aliphatic carboxylic acids is 1. The first-order valence-electron chi connectivity index (χ1n) is 4.78. The highest BCUT2D eigenvalue weighted by molar-refractivity contribution is 7.89. The first-order chi connectivity index (χ1) is 7.38. The van der Waals surface area contributed by atoms with E-state index in [1.807, 2.05) is 0 Å². The molecule has 1 heterocycles. The third-order valence-corrected chi connectivity index (χ3v) is 4.22. The number of aliphatic hydroxyl groups is 1. The van der Waals surface area contributed by atoms with E-state index in [4.69, 9.17) is 5.11 Å². The number of β-amino-alcohol motifs (C(OH)–C–C–N with tert-alkyl or cyclic N) is 1. The van der Waals surface area contributed by atoms with E-state index < -0.39 is 28.1 Å². The second kappa shape index (κ2) is 5.09. The van der Waals surface area contributed by atoms with E-state index in [1.165, 1.54) is 7.11 Å². The van der Waals surface area contributed by atoms with Crippen LogP contribution in [0, 0.1) is 0 Å². The van der Waals surface area contributed by atoms with Gasteiger partial charge >= 0.3 is 5.97 Å². The minimum atomic E-state index is -3.68. The van der Waals surface area contributed by atoms with Crippen LogP contribution in [0.5, 0.6) is 0 Å². The quantitative estimate of drug-likeness (QED) is 0.617. The molecule has 16 heavy (non-hydrogen) atoms. The number of carbonyl (C=O) groups is 1. The van der Waals surface area contributed by atoms with E-state index in [0.717, 1.165) is 4.31 Å². The molecule has 0 aliphatic carbocycles. The van der Waals surface area contributed by atoms with E-state index in [-0.39, 0.29) is 25.3 Å². The molecule has 1 aliphatic heterocycles. The van der Waals surface area contributed by atoms with Crippen LogP contribution in [0.15, 0.2) is 0 Å². The lowest BCUT2D eigenvalue weighted by atomic mass is 10.2. The third kappa shape index (κ3) is 2.91. The Morgan fingerprint density at radius 1 is 1.56 bits per heavy atom. The summed E-state index contributed by atoms with van der Waals surface area (Å²) in [6.45, 7) is -0.162. The molecule has 0 radical (unpaired) electrons. The Labute approximate surface area is 93.7 Å². The van der Waals surface area contributed by atoms with Crippen molar-refractivity contribution in [3.8, 4) is 0 Å². The lowest BCUT2D eigenvalue weighted by Gasteiger charge is -2.20. The van der Waals surface area contributed by atoms with Crippen LogP contribution in [-0.4, -0.2) is 67.1 Å². The maximum atomic E-state index is 11.7. The van der Waals surface area contributed by atoms with Crippen LogP contribution < -0.4 is 0 Å². The summed E-state index contributed by atoms with van der Waals surface area (Å²) in [6.07, 6.45) is -0.986. The van der Waals surface area contributed by atoms with Crippen LogP contribution in [0.25, 0.3) is 0 Å². The zero-order valence-electron chi connectivity index (χ0n) is 8.87. The first-order valence-corrected chi connectivity index (χ1v) is 6.38. The fraction of sp³-hybridized carbons (Fsp3) is 0.875. The molecule has 8 heteroatoms. The van der Waals surface area contributed by atoms with E-state index in [0.29, 0.717) is 0 Å². The molecular weight excluding hydrogens is 238 g/mol. The summed E-state index contributed by atoms with van der Waals surface area (Å²) in [4.78, 5) is 10.8. The summed E-state index contributed by atoms with van der Waals surface area (Å²) in [7, 11) is -2.32. The van der Waals surface area contributed by atoms with Crippen LogP contribution >= 0.6 is 0 Å². The van der Waals surface area contributed by atoms with Crippen molar-refractivity contribution in [1.29, 1.82) is 0 Å². The van der Waals surface area contributed by atoms with Gasteiger partial charge in [-0.2, -0.15) is 4.31 Å². The molecule has 0 aromatic heterocycles. The van der Waals surface area contributed by atoms with Gasteiger partial charge < -0.3 is 14.9 Å². The molecule has 94 valence electrons. The van der Waals surface area contributed by atoms with Crippen molar-refractivity contribution >= 4 is 16.0 Å². The molecule has 0 amide bonds. The minimum absolute atomic E-state index is 0.00126. The number of rotatable bonds is 5. The Hall–Kier alpha value is -0.700. The monoisotopic (exact) mass is 253 g/mol. The maximum absolute atomic E-state index is 11.7. The highest BCUT2D eigenvalue weighted by Gasteiger charge is 2.42. The molecule has 1 aliphatic rings. The number of carboxylic acids is 1. The van der Waals surface area contributed by atoms with Crippen molar-refractivity contribution in [2.75, 3.05) is 26.0 Å². The molecule has 1 saturated heterocycles. The van der Waals surface area contributed by atoms with E-state index in [1.54, 1.807) is 0 Å². The lowest BCUT2D eigenvalue weighted by Crippen LogP contribution is -2.42. The number of aliphatic hydroxyl groups excluding tert-OH is 1. The Morgan fingerprint density at radius 3 is 2.69 bits per heavy atom. The van der Waals surface area contributed by atoms with E-state index >= 15 is 0 Å². The molecule has 0 bridgehead atoms. The molecule has 1 fully saturated rings.